The van der Waals surface area contributed by atoms with Crippen molar-refractivity contribution in [2.45, 2.75) is 38.1 Å². The predicted octanol–water partition coefficient (Wildman–Crippen LogP) is 3.42. The van der Waals surface area contributed by atoms with Crippen molar-refractivity contribution in [2.75, 3.05) is 6.79 Å². The number of hydrogen-bond donors (Lipinski definition) is 1. The first-order valence-corrected chi connectivity index (χ1v) is 6.50. The molecule has 0 bridgehead atoms. The highest BCUT2D eigenvalue weighted by molar-refractivity contribution is 5.85. The zero-order chi connectivity index (χ0) is 11.7. The summed E-state index contributed by atoms with van der Waals surface area (Å²) in [6, 6.07) is 6.12. The molecule has 0 spiro atoms. The summed E-state index contributed by atoms with van der Waals surface area (Å²) in [5.74, 6) is 2.30. The molecule has 2 aliphatic rings. The van der Waals surface area contributed by atoms with Gasteiger partial charge in [0.15, 0.2) is 11.5 Å². The fourth-order valence-electron chi connectivity index (χ4n) is 2.96. The van der Waals surface area contributed by atoms with Crippen LogP contribution in [0.3, 0.4) is 0 Å². The monoisotopic (exact) mass is 269 g/mol. The Morgan fingerprint density at radius 1 is 1.11 bits per heavy atom. The molecule has 0 saturated heterocycles. The summed E-state index contributed by atoms with van der Waals surface area (Å²) in [6.45, 7) is 0.323. The lowest BCUT2D eigenvalue weighted by Gasteiger charge is -2.28. The standard InChI is InChI=1S/C14H19NO2.ClH/c15-13(10-5-2-1-3-6-10)11-7-4-8-12-14(11)17-9-16-12;/h4,7-8,10,13H,1-3,5-6,9,15H2;1H/t13-;/m0./s1. The molecule has 1 fully saturated rings. The molecule has 1 aromatic carbocycles. The third-order valence-corrected chi connectivity index (χ3v) is 3.94. The second-order valence-electron chi connectivity index (χ2n) is 5.00. The average molecular weight is 270 g/mol. The van der Waals surface area contributed by atoms with Crippen LogP contribution in [0.25, 0.3) is 0 Å². The van der Waals surface area contributed by atoms with E-state index in [0.29, 0.717) is 12.7 Å². The highest BCUT2D eigenvalue weighted by atomic mass is 35.5. The minimum absolute atomic E-state index is 0. The van der Waals surface area contributed by atoms with Crippen LogP contribution in [0.15, 0.2) is 18.2 Å². The normalized spacial score (nSPS) is 20.3. The summed E-state index contributed by atoms with van der Waals surface area (Å²) < 4.78 is 10.9. The number of benzene rings is 1. The second-order valence-corrected chi connectivity index (χ2v) is 5.00. The number of ether oxygens (including phenoxy) is 2. The molecule has 1 aliphatic heterocycles. The molecule has 4 heteroatoms. The number of rotatable bonds is 2. The molecule has 18 heavy (non-hydrogen) atoms. The van der Waals surface area contributed by atoms with Crippen LogP contribution in [0.5, 0.6) is 11.5 Å². The number of hydrogen-bond acceptors (Lipinski definition) is 3. The van der Waals surface area contributed by atoms with E-state index in [-0.39, 0.29) is 18.4 Å². The van der Waals surface area contributed by atoms with Gasteiger partial charge in [-0.2, -0.15) is 0 Å². The van der Waals surface area contributed by atoms with Gasteiger partial charge in [0.1, 0.15) is 0 Å². The van der Waals surface area contributed by atoms with E-state index in [2.05, 4.69) is 6.07 Å². The highest BCUT2D eigenvalue weighted by Crippen LogP contribution is 2.42. The third kappa shape index (κ3) is 2.43. The maximum atomic E-state index is 6.41. The number of nitrogens with two attached hydrogens (primary N) is 1. The van der Waals surface area contributed by atoms with Crippen molar-refractivity contribution in [3.63, 3.8) is 0 Å². The van der Waals surface area contributed by atoms with E-state index < -0.39 is 0 Å². The minimum Gasteiger partial charge on any atom is -0.454 e. The van der Waals surface area contributed by atoms with Crippen molar-refractivity contribution in [1.29, 1.82) is 0 Å². The van der Waals surface area contributed by atoms with Crippen LogP contribution >= 0.6 is 12.4 Å². The Labute approximate surface area is 114 Å². The van der Waals surface area contributed by atoms with Gasteiger partial charge in [-0.25, -0.2) is 0 Å². The molecule has 0 aromatic heterocycles. The SMILES string of the molecule is Cl.N[C@H](c1cccc2c1OCO2)C1CCCCC1. The number of para-hydroxylation sites is 1. The Hall–Kier alpha value is -0.930. The van der Waals surface area contributed by atoms with Crippen LogP contribution in [-0.4, -0.2) is 6.79 Å². The Morgan fingerprint density at radius 2 is 1.89 bits per heavy atom. The van der Waals surface area contributed by atoms with Crippen molar-refractivity contribution in [2.24, 2.45) is 11.7 Å². The quantitative estimate of drug-likeness (QED) is 0.895. The fraction of sp³-hybridized carbons (Fsp3) is 0.571. The molecule has 1 aromatic rings. The predicted molar refractivity (Wildman–Crippen MR) is 73.3 cm³/mol. The van der Waals surface area contributed by atoms with Gasteiger partial charge in [0.25, 0.3) is 0 Å². The van der Waals surface area contributed by atoms with Gasteiger partial charge in [-0.1, -0.05) is 31.4 Å². The number of fused-ring (bicyclic) bond motifs is 1. The van der Waals surface area contributed by atoms with E-state index in [9.17, 15) is 0 Å². The van der Waals surface area contributed by atoms with Gasteiger partial charge in [0.05, 0.1) is 0 Å². The zero-order valence-electron chi connectivity index (χ0n) is 10.4. The van der Waals surface area contributed by atoms with E-state index in [4.69, 9.17) is 15.2 Å². The Morgan fingerprint density at radius 3 is 2.67 bits per heavy atom. The molecule has 1 saturated carbocycles. The van der Waals surface area contributed by atoms with Crippen LogP contribution in [0.2, 0.25) is 0 Å². The van der Waals surface area contributed by atoms with E-state index >= 15 is 0 Å². The van der Waals surface area contributed by atoms with Gasteiger partial charge in [-0.05, 0) is 24.8 Å². The van der Waals surface area contributed by atoms with Gasteiger partial charge in [0, 0.05) is 11.6 Å². The summed E-state index contributed by atoms with van der Waals surface area (Å²) in [4.78, 5) is 0. The Kier molecular flexibility index (Phi) is 4.36. The fourth-order valence-corrected chi connectivity index (χ4v) is 2.96. The molecule has 3 nitrogen and oxygen atoms in total. The van der Waals surface area contributed by atoms with Gasteiger partial charge in [-0.15, -0.1) is 12.4 Å². The summed E-state index contributed by atoms with van der Waals surface area (Å²) >= 11 is 0. The van der Waals surface area contributed by atoms with E-state index in [0.717, 1.165) is 17.1 Å². The first-order valence-electron chi connectivity index (χ1n) is 6.50. The molecule has 1 heterocycles. The summed E-state index contributed by atoms with van der Waals surface area (Å²) in [5.41, 5.74) is 7.52. The smallest absolute Gasteiger partial charge is 0.231 e. The molecule has 0 radical (unpaired) electrons. The van der Waals surface area contributed by atoms with Crippen molar-refractivity contribution < 1.29 is 9.47 Å². The molecule has 100 valence electrons. The largest absolute Gasteiger partial charge is 0.454 e. The van der Waals surface area contributed by atoms with Crippen molar-refractivity contribution >= 4 is 12.4 Å². The van der Waals surface area contributed by atoms with Crippen LogP contribution in [-0.2, 0) is 0 Å². The first-order chi connectivity index (χ1) is 8.36. The zero-order valence-corrected chi connectivity index (χ0v) is 11.2. The van der Waals surface area contributed by atoms with Gasteiger partial charge < -0.3 is 15.2 Å². The Balaban J connectivity index is 0.00000120. The van der Waals surface area contributed by atoms with E-state index in [1.54, 1.807) is 0 Å². The Bertz CT molecular complexity index is 405. The topological polar surface area (TPSA) is 44.5 Å². The van der Waals surface area contributed by atoms with Gasteiger partial charge in [0.2, 0.25) is 6.79 Å². The van der Waals surface area contributed by atoms with Crippen LogP contribution in [0, 0.1) is 5.92 Å². The van der Waals surface area contributed by atoms with E-state index in [1.165, 1.54) is 32.1 Å². The third-order valence-electron chi connectivity index (χ3n) is 3.94. The maximum Gasteiger partial charge on any atom is 0.231 e. The van der Waals surface area contributed by atoms with Gasteiger partial charge in [-0.3, -0.25) is 0 Å². The van der Waals surface area contributed by atoms with Crippen molar-refractivity contribution in [3.05, 3.63) is 23.8 Å². The lowest BCUT2D eigenvalue weighted by molar-refractivity contribution is 0.172. The molecular formula is C14H20ClNO2. The average Bonchev–Trinajstić information content (AvgIpc) is 2.87. The molecule has 1 aliphatic carbocycles. The molecule has 3 rings (SSSR count). The number of halogens is 1. The summed E-state index contributed by atoms with van der Waals surface area (Å²) in [7, 11) is 0. The van der Waals surface area contributed by atoms with E-state index in [1.807, 2.05) is 12.1 Å². The van der Waals surface area contributed by atoms with Gasteiger partial charge >= 0.3 is 0 Å². The van der Waals surface area contributed by atoms with Crippen molar-refractivity contribution in [1.82, 2.24) is 0 Å². The molecule has 2 N–H and O–H groups in total. The van der Waals surface area contributed by atoms with Crippen LogP contribution in [0.1, 0.15) is 43.7 Å². The molecular weight excluding hydrogens is 250 g/mol. The summed E-state index contributed by atoms with van der Waals surface area (Å²) in [5, 5.41) is 0. The summed E-state index contributed by atoms with van der Waals surface area (Å²) in [6.07, 6.45) is 6.46. The molecule has 1 atom stereocenters. The second kappa shape index (κ2) is 5.81. The maximum absolute atomic E-state index is 6.41. The minimum atomic E-state index is 0. The highest BCUT2D eigenvalue weighted by Gasteiger charge is 2.27. The lowest BCUT2D eigenvalue weighted by Crippen LogP contribution is -2.23. The molecule has 0 amide bonds. The van der Waals surface area contributed by atoms with Crippen LogP contribution in [0.4, 0.5) is 0 Å². The van der Waals surface area contributed by atoms with Crippen molar-refractivity contribution in [3.8, 4) is 11.5 Å². The van der Waals surface area contributed by atoms with Crippen LogP contribution < -0.4 is 15.2 Å². The lowest BCUT2D eigenvalue weighted by atomic mass is 9.81. The first kappa shape index (κ1) is 13.5. The molecule has 0 unspecified atom stereocenters.